The van der Waals surface area contributed by atoms with E-state index in [1.165, 1.54) is 6.07 Å². The molecule has 0 bridgehead atoms. The Morgan fingerprint density at radius 3 is 2.91 bits per heavy atom. The normalized spacial score (nSPS) is 19.4. The van der Waals surface area contributed by atoms with Crippen molar-refractivity contribution in [1.82, 2.24) is 10.6 Å². The minimum atomic E-state index is -2.90. The molecule has 2 rings (SSSR count). The van der Waals surface area contributed by atoms with E-state index in [0.717, 1.165) is 6.54 Å². The highest BCUT2D eigenvalue weighted by Crippen LogP contribution is 2.28. The van der Waals surface area contributed by atoms with Crippen LogP contribution in [0.5, 0.6) is 5.75 Å². The van der Waals surface area contributed by atoms with Crippen LogP contribution < -0.4 is 15.4 Å². The van der Waals surface area contributed by atoms with Crippen LogP contribution in [0.15, 0.2) is 24.3 Å². The average molecular weight is 328 g/mol. The van der Waals surface area contributed by atoms with Crippen molar-refractivity contribution in [3.63, 3.8) is 0 Å². The van der Waals surface area contributed by atoms with E-state index in [1.54, 1.807) is 18.2 Å². The van der Waals surface area contributed by atoms with Crippen LogP contribution in [0, 0.1) is 0 Å². The van der Waals surface area contributed by atoms with Crippen molar-refractivity contribution in [2.75, 3.05) is 19.8 Å². The molecule has 0 aromatic heterocycles. The number of carbonyl (C=O) groups is 1. The fraction of sp³-hybridized carbons (Fsp3) is 0.562. The molecule has 0 saturated carbocycles. The van der Waals surface area contributed by atoms with Gasteiger partial charge in [0.15, 0.2) is 0 Å². The van der Waals surface area contributed by atoms with E-state index >= 15 is 0 Å². The van der Waals surface area contributed by atoms with Crippen LogP contribution >= 0.6 is 0 Å². The third-order valence-electron chi connectivity index (χ3n) is 3.68. The summed E-state index contributed by atoms with van der Waals surface area (Å²) in [7, 11) is 0. The largest absolute Gasteiger partial charge is 0.434 e. The lowest BCUT2D eigenvalue weighted by Gasteiger charge is -2.25. The fourth-order valence-electron chi connectivity index (χ4n) is 2.60. The molecule has 1 aliphatic rings. The molecular weight excluding hydrogens is 306 g/mol. The third-order valence-corrected chi connectivity index (χ3v) is 3.68. The summed E-state index contributed by atoms with van der Waals surface area (Å²) in [6, 6.07) is 6.13. The van der Waals surface area contributed by atoms with Gasteiger partial charge in [-0.3, -0.25) is 4.79 Å². The zero-order chi connectivity index (χ0) is 16.7. The van der Waals surface area contributed by atoms with Crippen LogP contribution in [0.2, 0.25) is 0 Å². The van der Waals surface area contributed by atoms with Crippen LogP contribution in [0.1, 0.15) is 31.4 Å². The van der Waals surface area contributed by atoms with Gasteiger partial charge in [0, 0.05) is 24.6 Å². The topological polar surface area (TPSA) is 59.6 Å². The summed E-state index contributed by atoms with van der Waals surface area (Å²) in [6.45, 7) is 0.850. The molecule has 1 amide bonds. The molecular formula is C16H22F2N2O3. The second-order valence-corrected chi connectivity index (χ2v) is 5.37. The molecule has 1 fully saturated rings. The SMILES string of the molecule is CCC(NC(=O)CC1COCCN1)c1ccccc1OC(F)F. The maximum absolute atomic E-state index is 12.5. The van der Waals surface area contributed by atoms with Crippen LogP contribution in [-0.2, 0) is 9.53 Å². The lowest BCUT2D eigenvalue weighted by atomic mass is 10.0. The molecule has 1 saturated heterocycles. The van der Waals surface area contributed by atoms with Gasteiger partial charge < -0.3 is 20.1 Å². The highest BCUT2D eigenvalue weighted by atomic mass is 19.3. The predicted molar refractivity (Wildman–Crippen MR) is 81.5 cm³/mol. The molecule has 2 atom stereocenters. The monoisotopic (exact) mass is 328 g/mol. The maximum atomic E-state index is 12.5. The molecule has 1 aromatic rings. The van der Waals surface area contributed by atoms with Crippen molar-refractivity contribution in [2.45, 2.75) is 38.5 Å². The van der Waals surface area contributed by atoms with E-state index in [-0.39, 0.29) is 30.2 Å². The average Bonchev–Trinajstić information content (AvgIpc) is 2.54. The van der Waals surface area contributed by atoms with Gasteiger partial charge in [-0.05, 0) is 12.5 Å². The highest BCUT2D eigenvalue weighted by Gasteiger charge is 2.21. The number of morpholine rings is 1. The highest BCUT2D eigenvalue weighted by molar-refractivity contribution is 5.77. The first-order valence-electron chi connectivity index (χ1n) is 7.74. The molecule has 2 unspecified atom stereocenters. The van der Waals surface area contributed by atoms with E-state index in [4.69, 9.17) is 4.74 Å². The first kappa shape index (κ1) is 17.6. The Kier molecular flexibility index (Phi) is 6.73. The van der Waals surface area contributed by atoms with Gasteiger partial charge in [0.2, 0.25) is 5.91 Å². The summed E-state index contributed by atoms with van der Waals surface area (Å²) in [4.78, 5) is 12.2. The lowest BCUT2D eigenvalue weighted by molar-refractivity contribution is -0.123. The number of ether oxygens (including phenoxy) is 2. The summed E-state index contributed by atoms with van der Waals surface area (Å²) >= 11 is 0. The summed E-state index contributed by atoms with van der Waals surface area (Å²) in [5.74, 6) is -0.0551. The number of amides is 1. The van der Waals surface area contributed by atoms with Gasteiger partial charge in [-0.15, -0.1) is 0 Å². The van der Waals surface area contributed by atoms with Gasteiger partial charge in [-0.2, -0.15) is 8.78 Å². The quantitative estimate of drug-likeness (QED) is 0.806. The van der Waals surface area contributed by atoms with Gasteiger partial charge >= 0.3 is 6.61 Å². The van der Waals surface area contributed by atoms with E-state index in [9.17, 15) is 13.6 Å². The Hall–Kier alpha value is -1.73. The molecule has 7 heteroatoms. The number of halogens is 2. The number of nitrogens with one attached hydrogen (secondary N) is 2. The standard InChI is InChI=1S/C16H22F2N2O3/c1-2-13(12-5-3-4-6-14(12)23-16(17)18)20-15(21)9-11-10-22-8-7-19-11/h3-6,11,13,16,19H,2,7-10H2,1H3,(H,20,21). The van der Waals surface area contributed by atoms with Crippen molar-refractivity contribution in [3.8, 4) is 5.75 Å². The molecule has 1 heterocycles. The van der Waals surface area contributed by atoms with Crippen LogP contribution in [0.25, 0.3) is 0 Å². The van der Waals surface area contributed by atoms with Crippen molar-refractivity contribution in [3.05, 3.63) is 29.8 Å². The second-order valence-electron chi connectivity index (χ2n) is 5.37. The fourth-order valence-corrected chi connectivity index (χ4v) is 2.60. The third kappa shape index (κ3) is 5.44. The molecule has 1 aromatic carbocycles. The van der Waals surface area contributed by atoms with Gasteiger partial charge in [-0.25, -0.2) is 0 Å². The molecule has 5 nitrogen and oxygen atoms in total. The maximum Gasteiger partial charge on any atom is 0.387 e. The minimum Gasteiger partial charge on any atom is -0.434 e. The van der Waals surface area contributed by atoms with Crippen molar-refractivity contribution < 1.29 is 23.0 Å². The van der Waals surface area contributed by atoms with Crippen LogP contribution in [-0.4, -0.2) is 38.3 Å². The zero-order valence-corrected chi connectivity index (χ0v) is 13.1. The summed E-state index contributed by atoms with van der Waals surface area (Å²) in [6.07, 6.45) is 0.859. The number of rotatable bonds is 7. The molecule has 128 valence electrons. The van der Waals surface area contributed by atoms with Gasteiger partial charge in [0.1, 0.15) is 5.75 Å². The second kappa shape index (κ2) is 8.79. The first-order chi connectivity index (χ1) is 11.1. The predicted octanol–water partition coefficient (Wildman–Crippen LogP) is 2.23. The van der Waals surface area contributed by atoms with E-state index < -0.39 is 6.61 Å². The smallest absolute Gasteiger partial charge is 0.387 e. The van der Waals surface area contributed by atoms with Crippen molar-refractivity contribution in [2.24, 2.45) is 0 Å². The number of carbonyl (C=O) groups excluding carboxylic acids is 1. The molecule has 23 heavy (non-hydrogen) atoms. The summed E-state index contributed by atoms with van der Waals surface area (Å²) < 4.78 is 34.9. The van der Waals surface area contributed by atoms with E-state index in [1.807, 2.05) is 6.92 Å². The zero-order valence-electron chi connectivity index (χ0n) is 13.1. The Morgan fingerprint density at radius 2 is 2.26 bits per heavy atom. The molecule has 0 spiro atoms. The lowest BCUT2D eigenvalue weighted by Crippen LogP contribution is -2.44. The van der Waals surface area contributed by atoms with E-state index in [0.29, 0.717) is 25.2 Å². The number of alkyl halides is 2. The molecule has 0 radical (unpaired) electrons. The van der Waals surface area contributed by atoms with Gasteiger partial charge in [-0.1, -0.05) is 25.1 Å². The molecule has 0 aliphatic carbocycles. The van der Waals surface area contributed by atoms with Crippen molar-refractivity contribution in [1.29, 1.82) is 0 Å². The van der Waals surface area contributed by atoms with Crippen LogP contribution in [0.4, 0.5) is 8.78 Å². The Morgan fingerprint density at radius 1 is 1.48 bits per heavy atom. The van der Waals surface area contributed by atoms with Crippen molar-refractivity contribution >= 4 is 5.91 Å². The molecule has 2 N–H and O–H groups in total. The molecule has 1 aliphatic heterocycles. The Labute approximate surface area is 134 Å². The number of hydrogen-bond donors (Lipinski definition) is 2. The number of para-hydroxylation sites is 1. The number of hydrogen-bond acceptors (Lipinski definition) is 4. The summed E-state index contributed by atoms with van der Waals surface area (Å²) in [5, 5.41) is 6.09. The Balaban J connectivity index is 2.00. The first-order valence-corrected chi connectivity index (χ1v) is 7.74. The van der Waals surface area contributed by atoms with Gasteiger partial charge in [0.25, 0.3) is 0 Å². The van der Waals surface area contributed by atoms with Gasteiger partial charge in [0.05, 0.1) is 19.3 Å². The van der Waals surface area contributed by atoms with E-state index in [2.05, 4.69) is 15.4 Å². The summed E-state index contributed by atoms with van der Waals surface area (Å²) in [5.41, 5.74) is 0.552. The number of benzene rings is 1. The minimum absolute atomic E-state index is 0.0196. The Bertz CT molecular complexity index is 508. The van der Waals surface area contributed by atoms with Crippen LogP contribution in [0.3, 0.4) is 0 Å².